The maximum absolute atomic E-state index is 9.89. The van der Waals surface area contributed by atoms with Crippen molar-refractivity contribution in [3.8, 4) is 17.2 Å². The van der Waals surface area contributed by atoms with E-state index in [1.165, 1.54) is 16.7 Å². The summed E-state index contributed by atoms with van der Waals surface area (Å²) in [5, 5.41) is 29.2. The molecule has 2 atom stereocenters. The van der Waals surface area contributed by atoms with Gasteiger partial charge in [-0.15, -0.1) is 0 Å². The summed E-state index contributed by atoms with van der Waals surface area (Å²) in [5.74, 6) is 1.25. The summed E-state index contributed by atoms with van der Waals surface area (Å²) in [6.07, 6.45) is 3.12. The van der Waals surface area contributed by atoms with Crippen molar-refractivity contribution in [2.45, 2.75) is 46.0 Å². The van der Waals surface area contributed by atoms with Crippen molar-refractivity contribution in [1.29, 1.82) is 0 Å². The highest BCUT2D eigenvalue weighted by Gasteiger charge is 2.15. The Labute approximate surface area is 179 Å². The summed E-state index contributed by atoms with van der Waals surface area (Å²) < 4.78 is 0. The van der Waals surface area contributed by atoms with Gasteiger partial charge in [-0.3, -0.25) is 0 Å². The van der Waals surface area contributed by atoms with Crippen LogP contribution in [0.4, 0.5) is 0 Å². The minimum atomic E-state index is 0.168. The number of benzene rings is 3. The van der Waals surface area contributed by atoms with E-state index in [0.29, 0.717) is 5.75 Å². The molecule has 0 aromatic heterocycles. The summed E-state index contributed by atoms with van der Waals surface area (Å²) in [5.41, 5.74) is 6.83. The Morgan fingerprint density at radius 2 is 1.27 bits per heavy atom. The molecule has 3 N–H and O–H groups in total. The van der Waals surface area contributed by atoms with E-state index in [0.717, 1.165) is 23.1 Å². The third-order valence-corrected chi connectivity index (χ3v) is 5.71. The second kappa shape index (κ2) is 9.08. The number of phenolic OH excluding ortho intramolecular Hbond substituents is 3. The second-order valence-electron chi connectivity index (χ2n) is 8.22. The van der Waals surface area contributed by atoms with Gasteiger partial charge in [0.25, 0.3) is 0 Å². The van der Waals surface area contributed by atoms with Gasteiger partial charge in [0.2, 0.25) is 0 Å². The van der Waals surface area contributed by atoms with Crippen LogP contribution in [0, 0.1) is 13.8 Å². The molecule has 0 bridgehead atoms. The first-order valence-electron chi connectivity index (χ1n) is 10.3. The Morgan fingerprint density at radius 1 is 0.767 bits per heavy atom. The van der Waals surface area contributed by atoms with Crippen LogP contribution < -0.4 is 0 Å². The van der Waals surface area contributed by atoms with Crippen molar-refractivity contribution in [3.63, 3.8) is 0 Å². The topological polar surface area (TPSA) is 60.7 Å². The monoisotopic (exact) mass is 402 g/mol. The Balaban J connectivity index is 1.98. The minimum absolute atomic E-state index is 0.168. The van der Waals surface area contributed by atoms with Gasteiger partial charge in [0, 0.05) is 5.92 Å². The van der Waals surface area contributed by atoms with Crippen molar-refractivity contribution < 1.29 is 15.3 Å². The molecule has 0 spiro atoms. The quantitative estimate of drug-likeness (QED) is 0.425. The molecule has 0 radical (unpaired) electrons. The van der Waals surface area contributed by atoms with Crippen molar-refractivity contribution in [3.05, 3.63) is 94.6 Å². The van der Waals surface area contributed by atoms with Gasteiger partial charge in [-0.1, -0.05) is 44.2 Å². The average molecular weight is 403 g/mol. The summed E-state index contributed by atoms with van der Waals surface area (Å²) in [7, 11) is 0. The number of aromatic hydroxyl groups is 3. The predicted molar refractivity (Wildman–Crippen MR) is 123 cm³/mol. The first-order chi connectivity index (χ1) is 14.2. The summed E-state index contributed by atoms with van der Waals surface area (Å²) in [6, 6.07) is 18.3. The van der Waals surface area contributed by atoms with Crippen LogP contribution in [0.1, 0.15) is 59.9 Å². The van der Waals surface area contributed by atoms with Gasteiger partial charge in [0.1, 0.15) is 17.2 Å². The van der Waals surface area contributed by atoms with Crippen LogP contribution in [-0.4, -0.2) is 15.3 Å². The highest BCUT2D eigenvalue weighted by Crippen LogP contribution is 2.35. The average Bonchev–Trinajstić information content (AvgIpc) is 2.67. The fraction of sp³-hybridized carbons (Fsp3) is 0.259. The highest BCUT2D eigenvalue weighted by atomic mass is 16.3. The zero-order valence-electron chi connectivity index (χ0n) is 18.1. The van der Waals surface area contributed by atoms with Crippen LogP contribution in [0.25, 0.3) is 5.57 Å². The lowest BCUT2D eigenvalue weighted by atomic mass is 9.85. The smallest absolute Gasteiger partial charge is 0.116 e. The van der Waals surface area contributed by atoms with Gasteiger partial charge in [-0.25, -0.2) is 0 Å². The van der Waals surface area contributed by atoms with Gasteiger partial charge < -0.3 is 15.3 Å². The van der Waals surface area contributed by atoms with Gasteiger partial charge in [-0.2, -0.15) is 0 Å². The molecular formula is C27H30O3. The molecule has 0 heterocycles. The molecule has 3 heteroatoms. The third kappa shape index (κ3) is 5.04. The highest BCUT2D eigenvalue weighted by molar-refractivity contribution is 5.68. The van der Waals surface area contributed by atoms with Crippen LogP contribution in [0.15, 0.2) is 66.7 Å². The van der Waals surface area contributed by atoms with E-state index in [2.05, 4.69) is 19.9 Å². The maximum atomic E-state index is 9.89. The molecule has 0 saturated heterocycles. The van der Waals surface area contributed by atoms with Gasteiger partial charge >= 0.3 is 0 Å². The lowest BCUT2D eigenvalue weighted by Crippen LogP contribution is -2.01. The predicted octanol–water partition coefficient (Wildman–Crippen LogP) is 6.80. The number of allylic oxidation sites excluding steroid dienone is 2. The molecule has 3 rings (SSSR count). The molecule has 0 aliphatic carbocycles. The molecule has 3 nitrogen and oxygen atoms in total. The van der Waals surface area contributed by atoms with Gasteiger partial charge in [-0.05, 0) is 96.0 Å². The van der Waals surface area contributed by atoms with Crippen LogP contribution in [0.5, 0.6) is 17.2 Å². The first-order valence-corrected chi connectivity index (χ1v) is 10.3. The van der Waals surface area contributed by atoms with E-state index in [4.69, 9.17) is 0 Å². The first kappa shape index (κ1) is 21.5. The number of phenols is 3. The molecule has 0 fully saturated rings. The normalized spacial score (nSPS) is 13.8. The second-order valence-corrected chi connectivity index (χ2v) is 8.22. The Hall–Kier alpha value is -3.20. The van der Waals surface area contributed by atoms with Crippen LogP contribution in [0.2, 0.25) is 0 Å². The molecule has 0 aliphatic rings. The third-order valence-electron chi connectivity index (χ3n) is 5.71. The van der Waals surface area contributed by atoms with Crippen LogP contribution in [0.3, 0.4) is 0 Å². The van der Waals surface area contributed by atoms with Crippen LogP contribution in [-0.2, 0) is 0 Å². The van der Waals surface area contributed by atoms with E-state index in [1.54, 1.807) is 24.3 Å². The molecule has 3 aromatic carbocycles. The molecule has 0 amide bonds. The van der Waals surface area contributed by atoms with E-state index < -0.39 is 0 Å². The lowest BCUT2D eigenvalue weighted by molar-refractivity contribution is 0.473. The number of rotatable bonds is 6. The molecule has 30 heavy (non-hydrogen) atoms. The summed E-state index contributed by atoms with van der Waals surface area (Å²) in [4.78, 5) is 0. The summed E-state index contributed by atoms with van der Waals surface area (Å²) in [6.45, 7) is 8.43. The number of aryl methyl sites for hydroxylation is 2. The van der Waals surface area contributed by atoms with E-state index in [1.807, 2.05) is 50.2 Å². The molecular weight excluding hydrogens is 372 g/mol. The maximum Gasteiger partial charge on any atom is 0.116 e. The van der Waals surface area contributed by atoms with Gasteiger partial charge in [0.15, 0.2) is 0 Å². The Bertz CT molecular complexity index is 1010. The summed E-state index contributed by atoms with van der Waals surface area (Å²) >= 11 is 0. The van der Waals surface area contributed by atoms with E-state index in [-0.39, 0.29) is 23.3 Å². The molecule has 0 aliphatic heterocycles. The molecule has 0 saturated carbocycles. The zero-order valence-corrected chi connectivity index (χ0v) is 18.1. The van der Waals surface area contributed by atoms with E-state index >= 15 is 0 Å². The minimum Gasteiger partial charge on any atom is -0.508 e. The van der Waals surface area contributed by atoms with Crippen molar-refractivity contribution in [2.75, 3.05) is 0 Å². The van der Waals surface area contributed by atoms with E-state index in [9.17, 15) is 15.3 Å². The number of hydrogen-bond acceptors (Lipinski definition) is 3. The molecule has 3 aromatic rings. The SMILES string of the molecule is Cc1cc(O)cc(C)c1C(C)/C=C(\CC(C)c1ccc(O)cc1)c1ccc(O)cc1. The molecule has 156 valence electrons. The van der Waals surface area contributed by atoms with Gasteiger partial charge in [0.05, 0.1) is 0 Å². The van der Waals surface area contributed by atoms with Crippen molar-refractivity contribution in [2.24, 2.45) is 0 Å². The molecule has 2 unspecified atom stereocenters. The van der Waals surface area contributed by atoms with Crippen molar-refractivity contribution >= 4 is 5.57 Å². The Morgan fingerprint density at radius 3 is 1.80 bits per heavy atom. The van der Waals surface area contributed by atoms with Crippen molar-refractivity contribution in [1.82, 2.24) is 0 Å². The lowest BCUT2D eigenvalue weighted by Gasteiger charge is -2.20. The standard InChI is InChI=1S/C27H30O3/c1-17(21-5-9-24(28)10-6-21)13-23(22-7-11-25(29)12-8-22)14-18(2)27-19(3)15-26(30)16-20(27)4/h5-12,14-18,28-30H,13H2,1-4H3/b23-14+. The Kier molecular flexibility index (Phi) is 6.51. The zero-order chi connectivity index (χ0) is 21.8. The largest absolute Gasteiger partial charge is 0.508 e. The van der Waals surface area contributed by atoms with Crippen LogP contribution >= 0.6 is 0 Å². The fourth-order valence-electron chi connectivity index (χ4n) is 4.26. The fourth-order valence-corrected chi connectivity index (χ4v) is 4.26. The number of hydrogen-bond donors (Lipinski definition) is 3.